The van der Waals surface area contributed by atoms with Gasteiger partial charge in [-0.1, -0.05) is 121 Å². The van der Waals surface area contributed by atoms with Crippen molar-refractivity contribution in [3.8, 4) is 22.6 Å². The van der Waals surface area contributed by atoms with Gasteiger partial charge in [-0.25, -0.2) is 9.97 Å². The minimum atomic E-state index is 0.619. The van der Waals surface area contributed by atoms with Gasteiger partial charge in [-0.2, -0.15) is 0 Å². The number of nitrogens with zero attached hydrogens (tertiary/aromatic N) is 3. The Hall–Kier alpha value is -6.26. The molecule has 4 nitrogen and oxygen atoms in total. The number of imidazole rings is 1. The SMILES string of the molecule is c1ccc(-c2ccc3c(n2)oc2c(-c4nc5cccc6c7ccccc7c7ccccc7c7ccccc7n4c56)cccc23)cc1. The lowest BCUT2D eigenvalue weighted by Crippen LogP contribution is -1.91. The Labute approximate surface area is 263 Å². The van der Waals surface area contributed by atoms with Crippen LogP contribution in [0.15, 0.2) is 156 Å². The molecule has 4 heterocycles. The van der Waals surface area contributed by atoms with Crippen LogP contribution in [0.25, 0.3) is 93.6 Å². The van der Waals surface area contributed by atoms with Crippen molar-refractivity contribution in [2.75, 3.05) is 0 Å². The van der Waals surface area contributed by atoms with Crippen molar-refractivity contribution < 1.29 is 4.42 Å². The minimum absolute atomic E-state index is 0.619. The summed E-state index contributed by atoms with van der Waals surface area (Å²) in [5, 5.41) is 9.08. The fourth-order valence-corrected chi connectivity index (χ4v) is 7.19. The quantitative estimate of drug-likeness (QED) is 0.202. The van der Waals surface area contributed by atoms with E-state index in [-0.39, 0.29) is 0 Å². The van der Waals surface area contributed by atoms with Crippen molar-refractivity contribution in [3.05, 3.63) is 152 Å². The molecule has 0 saturated carbocycles. The Balaban J connectivity index is 1.40. The van der Waals surface area contributed by atoms with E-state index >= 15 is 0 Å². The molecule has 0 aliphatic rings. The third-order valence-electron chi connectivity index (χ3n) is 9.22. The maximum atomic E-state index is 6.66. The summed E-state index contributed by atoms with van der Waals surface area (Å²) < 4.78 is 9.00. The number of hydrogen-bond acceptors (Lipinski definition) is 3. The van der Waals surface area contributed by atoms with Crippen molar-refractivity contribution in [2.45, 2.75) is 0 Å². The van der Waals surface area contributed by atoms with Gasteiger partial charge in [0.25, 0.3) is 0 Å². The molecular formula is C42H25N3O. The first-order valence-corrected chi connectivity index (χ1v) is 15.5. The predicted molar refractivity (Wildman–Crippen MR) is 190 cm³/mol. The van der Waals surface area contributed by atoms with Crippen molar-refractivity contribution in [2.24, 2.45) is 0 Å². The highest BCUT2D eigenvalue weighted by Gasteiger charge is 2.20. The van der Waals surface area contributed by atoms with Crippen LogP contribution in [0.3, 0.4) is 0 Å². The first kappa shape index (κ1) is 25.1. The van der Waals surface area contributed by atoms with Crippen LogP contribution in [-0.4, -0.2) is 14.4 Å². The molecule has 6 aromatic carbocycles. The number of hydrogen-bond donors (Lipinski definition) is 0. The number of fused-ring (bicyclic) bond motifs is 10. The summed E-state index contributed by atoms with van der Waals surface area (Å²) >= 11 is 0. The van der Waals surface area contributed by atoms with E-state index in [2.05, 4.69) is 138 Å². The topological polar surface area (TPSA) is 43.3 Å². The molecule has 4 aromatic heterocycles. The smallest absolute Gasteiger partial charge is 0.227 e. The summed E-state index contributed by atoms with van der Waals surface area (Å²) in [6, 6.07) is 53.3. The molecule has 0 atom stereocenters. The van der Waals surface area contributed by atoms with E-state index in [0.717, 1.165) is 66.3 Å². The van der Waals surface area contributed by atoms with Crippen LogP contribution < -0.4 is 0 Å². The molecule has 0 spiro atoms. The minimum Gasteiger partial charge on any atom is -0.437 e. The summed E-state index contributed by atoms with van der Waals surface area (Å²) in [5.74, 6) is 0.833. The highest BCUT2D eigenvalue weighted by atomic mass is 16.3. The van der Waals surface area contributed by atoms with Gasteiger partial charge in [0, 0.05) is 27.1 Å². The second kappa shape index (κ2) is 9.62. The van der Waals surface area contributed by atoms with Gasteiger partial charge in [-0.3, -0.25) is 4.40 Å². The van der Waals surface area contributed by atoms with Crippen LogP contribution in [0.2, 0.25) is 0 Å². The molecule has 0 saturated heterocycles. The Morgan fingerprint density at radius 1 is 0.435 bits per heavy atom. The van der Waals surface area contributed by atoms with Gasteiger partial charge >= 0.3 is 0 Å². The molecule has 0 N–H and O–H groups in total. The summed E-state index contributed by atoms with van der Waals surface area (Å²) in [4.78, 5) is 10.3. The lowest BCUT2D eigenvalue weighted by molar-refractivity contribution is 0.655. The monoisotopic (exact) mass is 587 g/mol. The highest BCUT2D eigenvalue weighted by molar-refractivity contribution is 6.21. The van der Waals surface area contributed by atoms with E-state index in [1.807, 2.05) is 18.2 Å². The van der Waals surface area contributed by atoms with Crippen molar-refractivity contribution in [3.63, 3.8) is 0 Å². The number of furan rings is 1. The van der Waals surface area contributed by atoms with Crippen LogP contribution in [0.4, 0.5) is 0 Å². The lowest BCUT2D eigenvalue weighted by atomic mass is 10.0. The second-order valence-corrected chi connectivity index (χ2v) is 11.8. The molecule has 46 heavy (non-hydrogen) atoms. The molecule has 214 valence electrons. The Morgan fingerprint density at radius 2 is 1.04 bits per heavy atom. The fraction of sp³-hybridized carbons (Fsp3) is 0. The summed E-state index contributed by atoms with van der Waals surface area (Å²) in [6.45, 7) is 0. The standard InChI is InChI=1S/C42H25N3O/c1-2-12-26(13-3-1)36-25-24-34-33-20-10-21-35(40(33)46-42(34)44-36)41-43-37-22-11-19-32-30-17-7-5-15-28(30)27-14-4-6-16-29(27)31-18-8-9-23-38(31)45(41)39(32)37/h1-25H. The van der Waals surface area contributed by atoms with Gasteiger partial charge in [0.1, 0.15) is 11.4 Å². The second-order valence-electron chi connectivity index (χ2n) is 11.8. The van der Waals surface area contributed by atoms with Crippen LogP contribution >= 0.6 is 0 Å². The Kier molecular flexibility index (Phi) is 5.25. The van der Waals surface area contributed by atoms with Gasteiger partial charge in [-0.05, 0) is 51.9 Å². The average Bonchev–Trinajstić information content (AvgIpc) is 3.71. The zero-order valence-electron chi connectivity index (χ0n) is 24.7. The summed E-state index contributed by atoms with van der Waals surface area (Å²) in [6.07, 6.45) is 0. The predicted octanol–water partition coefficient (Wildman–Crippen LogP) is 11.1. The molecule has 0 bridgehead atoms. The largest absolute Gasteiger partial charge is 0.437 e. The van der Waals surface area contributed by atoms with E-state index in [4.69, 9.17) is 14.4 Å². The van der Waals surface area contributed by atoms with E-state index in [0.29, 0.717) is 5.71 Å². The molecule has 0 amide bonds. The zero-order chi connectivity index (χ0) is 30.2. The molecule has 0 unspecified atom stereocenters. The van der Waals surface area contributed by atoms with Gasteiger partial charge < -0.3 is 4.42 Å². The van der Waals surface area contributed by atoms with Crippen molar-refractivity contribution >= 4 is 70.9 Å². The van der Waals surface area contributed by atoms with E-state index in [1.165, 1.54) is 21.5 Å². The highest BCUT2D eigenvalue weighted by Crippen LogP contribution is 2.40. The lowest BCUT2D eigenvalue weighted by Gasteiger charge is -2.06. The van der Waals surface area contributed by atoms with Crippen LogP contribution in [0, 0.1) is 0 Å². The van der Waals surface area contributed by atoms with E-state index < -0.39 is 0 Å². The van der Waals surface area contributed by atoms with Gasteiger partial charge in [-0.15, -0.1) is 0 Å². The maximum Gasteiger partial charge on any atom is 0.227 e. The number of aromatic nitrogens is 3. The molecule has 0 aliphatic heterocycles. The number of rotatable bonds is 2. The molecule has 0 aliphatic carbocycles. The van der Waals surface area contributed by atoms with Gasteiger partial charge in [0.05, 0.1) is 27.8 Å². The zero-order valence-corrected chi connectivity index (χ0v) is 24.7. The number of para-hydroxylation sites is 3. The molecule has 4 heteroatoms. The van der Waals surface area contributed by atoms with Gasteiger partial charge in [0.2, 0.25) is 5.71 Å². The molecule has 10 rings (SSSR count). The van der Waals surface area contributed by atoms with Crippen LogP contribution in [-0.2, 0) is 0 Å². The van der Waals surface area contributed by atoms with Crippen LogP contribution in [0.1, 0.15) is 0 Å². The number of benzene rings is 6. The Bertz CT molecular complexity index is 2860. The first-order chi connectivity index (χ1) is 22.8. The molecule has 0 radical (unpaired) electrons. The average molecular weight is 588 g/mol. The van der Waals surface area contributed by atoms with E-state index in [1.54, 1.807) is 0 Å². The molecule has 10 aromatic rings. The summed E-state index contributed by atoms with van der Waals surface area (Å²) in [5.41, 5.74) is 7.34. The van der Waals surface area contributed by atoms with Gasteiger partial charge in [0.15, 0.2) is 0 Å². The van der Waals surface area contributed by atoms with Crippen LogP contribution in [0.5, 0.6) is 0 Å². The molecule has 0 fully saturated rings. The van der Waals surface area contributed by atoms with Crippen molar-refractivity contribution in [1.29, 1.82) is 0 Å². The Morgan fingerprint density at radius 3 is 1.83 bits per heavy atom. The van der Waals surface area contributed by atoms with Crippen molar-refractivity contribution in [1.82, 2.24) is 14.4 Å². The third-order valence-corrected chi connectivity index (χ3v) is 9.22. The maximum absolute atomic E-state index is 6.66. The molecular weight excluding hydrogens is 562 g/mol. The number of pyridine rings is 1. The normalized spacial score (nSPS) is 11.9. The van der Waals surface area contributed by atoms with E-state index in [9.17, 15) is 0 Å². The first-order valence-electron chi connectivity index (χ1n) is 15.5. The third kappa shape index (κ3) is 3.55. The fourth-order valence-electron chi connectivity index (χ4n) is 7.19. The summed E-state index contributed by atoms with van der Waals surface area (Å²) in [7, 11) is 0.